The van der Waals surface area contributed by atoms with E-state index >= 15 is 0 Å². The highest BCUT2D eigenvalue weighted by Gasteiger charge is 2.18. The lowest BCUT2D eigenvalue weighted by atomic mass is 9.95. The van der Waals surface area contributed by atoms with E-state index in [0.717, 1.165) is 32.4 Å². The molecule has 0 radical (unpaired) electrons. The van der Waals surface area contributed by atoms with Gasteiger partial charge in [0.25, 0.3) is 5.69 Å². The van der Waals surface area contributed by atoms with Crippen LogP contribution in [0, 0.1) is 16.0 Å². The van der Waals surface area contributed by atoms with Crippen LogP contribution in [0.3, 0.4) is 0 Å². The number of nitrogens with one attached hydrogen (secondary N) is 1. The van der Waals surface area contributed by atoms with Gasteiger partial charge in [-0.3, -0.25) is 10.1 Å². The van der Waals surface area contributed by atoms with Gasteiger partial charge in [0.05, 0.1) is 4.92 Å². The van der Waals surface area contributed by atoms with E-state index in [2.05, 4.69) is 15.5 Å². The molecule has 1 N–H and O–H groups in total. The molecule has 0 atom stereocenters. The van der Waals surface area contributed by atoms with Crippen molar-refractivity contribution in [3.63, 3.8) is 0 Å². The summed E-state index contributed by atoms with van der Waals surface area (Å²) >= 11 is 0. The van der Waals surface area contributed by atoms with Crippen LogP contribution in [0.25, 0.3) is 11.4 Å². The van der Waals surface area contributed by atoms with Gasteiger partial charge in [0.1, 0.15) is 0 Å². The first-order chi connectivity index (χ1) is 10.2. The molecule has 1 aromatic carbocycles. The van der Waals surface area contributed by atoms with Crippen LogP contribution in [0.15, 0.2) is 28.8 Å². The van der Waals surface area contributed by atoms with Gasteiger partial charge >= 0.3 is 0 Å². The molecule has 1 aliphatic rings. The van der Waals surface area contributed by atoms with Gasteiger partial charge in [-0.05, 0) is 31.8 Å². The summed E-state index contributed by atoms with van der Waals surface area (Å²) in [4.78, 5) is 14.7. The zero-order valence-corrected chi connectivity index (χ0v) is 11.5. The number of nitro groups is 1. The van der Waals surface area contributed by atoms with Gasteiger partial charge in [0.15, 0.2) is 0 Å². The number of nitro benzene ring substituents is 1. The van der Waals surface area contributed by atoms with Crippen LogP contribution in [0.5, 0.6) is 0 Å². The topological polar surface area (TPSA) is 94.1 Å². The molecule has 1 fully saturated rings. The first kappa shape index (κ1) is 13.7. The van der Waals surface area contributed by atoms with Crippen molar-refractivity contribution in [3.05, 3.63) is 40.3 Å². The van der Waals surface area contributed by atoms with Crippen molar-refractivity contribution in [3.8, 4) is 11.4 Å². The van der Waals surface area contributed by atoms with Crippen LogP contribution in [0.2, 0.25) is 0 Å². The maximum absolute atomic E-state index is 10.8. The lowest BCUT2D eigenvalue weighted by molar-refractivity contribution is -0.384. The third-order valence-corrected chi connectivity index (χ3v) is 3.71. The molecule has 1 aromatic heterocycles. The van der Waals surface area contributed by atoms with Crippen molar-refractivity contribution in [1.82, 2.24) is 15.5 Å². The third-order valence-electron chi connectivity index (χ3n) is 3.71. The van der Waals surface area contributed by atoms with E-state index in [1.807, 2.05) is 0 Å². The quantitative estimate of drug-likeness (QED) is 0.684. The standard InChI is InChI=1S/C14H16N4O3/c19-18(20)12-3-1-2-11(9-12)14-16-13(21-17-14)8-10-4-6-15-7-5-10/h1-3,9-10,15H,4-8H2. The monoisotopic (exact) mass is 288 g/mol. The Morgan fingerprint density at radius 2 is 2.19 bits per heavy atom. The molecule has 3 rings (SSSR count). The number of non-ortho nitro benzene ring substituents is 1. The van der Waals surface area contributed by atoms with Crippen LogP contribution in [0.4, 0.5) is 5.69 Å². The fraction of sp³-hybridized carbons (Fsp3) is 0.429. The second kappa shape index (κ2) is 6.01. The van der Waals surface area contributed by atoms with Gasteiger partial charge in [0, 0.05) is 24.1 Å². The number of piperidine rings is 1. The summed E-state index contributed by atoms with van der Waals surface area (Å²) in [5.74, 6) is 1.57. The Labute approximate surface area is 121 Å². The Morgan fingerprint density at radius 1 is 1.38 bits per heavy atom. The average molecular weight is 288 g/mol. The Morgan fingerprint density at radius 3 is 2.95 bits per heavy atom. The fourth-order valence-corrected chi connectivity index (χ4v) is 2.55. The molecule has 110 valence electrons. The van der Waals surface area contributed by atoms with Gasteiger partial charge < -0.3 is 9.84 Å². The SMILES string of the molecule is O=[N+]([O-])c1cccc(-c2noc(CC3CCNCC3)n2)c1. The molecule has 1 saturated heterocycles. The van der Waals surface area contributed by atoms with Gasteiger partial charge in [-0.2, -0.15) is 4.98 Å². The lowest BCUT2D eigenvalue weighted by Crippen LogP contribution is -2.28. The summed E-state index contributed by atoms with van der Waals surface area (Å²) in [6, 6.07) is 6.27. The number of rotatable bonds is 4. The second-order valence-corrected chi connectivity index (χ2v) is 5.22. The van der Waals surface area contributed by atoms with Crippen LogP contribution in [-0.4, -0.2) is 28.2 Å². The van der Waals surface area contributed by atoms with E-state index in [1.165, 1.54) is 12.1 Å². The van der Waals surface area contributed by atoms with Crippen molar-refractivity contribution >= 4 is 5.69 Å². The summed E-state index contributed by atoms with van der Waals surface area (Å²) in [6.45, 7) is 2.05. The summed E-state index contributed by atoms with van der Waals surface area (Å²) < 4.78 is 5.27. The molecule has 0 amide bonds. The largest absolute Gasteiger partial charge is 0.339 e. The molecule has 0 aliphatic carbocycles. The Bertz CT molecular complexity index is 635. The maximum atomic E-state index is 10.8. The molecule has 0 bridgehead atoms. The lowest BCUT2D eigenvalue weighted by Gasteiger charge is -2.20. The van der Waals surface area contributed by atoms with E-state index in [9.17, 15) is 10.1 Å². The van der Waals surface area contributed by atoms with E-state index in [4.69, 9.17) is 4.52 Å². The van der Waals surface area contributed by atoms with Crippen molar-refractivity contribution in [2.45, 2.75) is 19.3 Å². The average Bonchev–Trinajstić information content (AvgIpc) is 2.97. The van der Waals surface area contributed by atoms with Crippen LogP contribution in [0.1, 0.15) is 18.7 Å². The van der Waals surface area contributed by atoms with Crippen molar-refractivity contribution in [2.75, 3.05) is 13.1 Å². The van der Waals surface area contributed by atoms with E-state index < -0.39 is 4.92 Å². The number of hydrogen-bond acceptors (Lipinski definition) is 6. The second-order valence-electron chi connectivity index (χ2n) is 5.22. The minimum absolute atomic E-state index is 0.0252. The van der Waals surface area contributed by atoms with Crippen LogP contribution >= 0.6 is 0 Å². The third kappa shape index (κ3) is 3.25. The van der Waals surface area contributed by atoms with Crippen LogP contribution in [-0.2, 0) is 6.42 Å². The Hall–Kier alpha value is -2.28. The maximum Gasteiger partial charge on any atom is 0.270 e. The van der Waals surface area contributed by atoms with Gasteiger partial charge in [-0.15, -0.1) is 0 Å². The van der Waals surface area contributed by atoms with Gasteiger partial charge in [-0.25, -0.2) is 0 Å². The zero-order chi connectivity index (χ0) is 14.7. The zero-order valence-electron chi connectivity index (χ0n) is 11.5. The molecule has 2 heterocycles. The van der Waals surface area contributed by atoms with E-state index in [1.54, 1.807) is 12.1 Å². The summed E-state index contributed by atoms with van der Waals surface area (Å²) in [5, 5.41) is 18.0. The fourth-order valence-electron chi connectivity index (χ4n) is 2.55. The minimum Gasteiger partial charge on any atom is -0.339 e. The molecule has 7 heteroatoms. The molecule has 0 saturated carbocycles. The molecule has 0 spiro atoms. The van der Waals surface area contributed by atoms with E-state index in [-0.39, 0.29) is 5.69 Å². The molecular formula is C14H16N4O3. The van der Waals surface area contributed by atoms with Gasteiger partial charge in [0.2, 0.25) is 11.7 Å². The molecular weight excluding hydrogens is 272 g/mol. The molecule has 1 aliphatic heterocycles. The molecule has 7 nitrogen and oxygen atoms in total. The minimum atomic E-state index is -0.431. The summed E-state index contributed by atoms with van der Waals surface area (Å²) in [5.41, 5.74) is 0.627. The highest BCUT2D eigenvalue weighted by atomic mass is 16.6. The predicted octanol–water partition coefficient (Wildman–Crippen LogP) is 2.19. The summed E-state index contributed by atoms with van der Waals surface area (Å²) in [6.07, 6.45) is 2.98. The molecule has 21 heavy (non-hydrogen) atoms. The van der Waals surface area contributed by atoms with Crippen molar-refractivity contribution in [1.29, 1.82) is 0 Å². The normalized spacial score (nSPS) is 16.0. The van der Waals surface area contributed by atoms with Crippen molar-refractivity contribution < 1.29 is 9.45 Å². The molecule has 0 unspecified atom stereocenters. The van der Waals surface area contributed by atoms with Crippen LogP contribution < -0.4 is 5.32 Å². The highest BCUT2D eigenvalue weighted by molar-refractivity contribution is 5.58. The number of nitrogens with zero attached hydrogens (tertiary/aromatic N) is 3. The number of benzene rings is 1. The Kier molecular flexibility index (Phi) is 3.92. The van der Waals surface area contributed by atoms with E-state index in [0.29, 0.717) is 23.2 Å². The van der Waals surface area contributed by atoms with Crippen molar-refractivity contribution in [2.24, 2.45) is 5.92 Å². The van der Waals surface area contributed by atoms with Gasteiger partial charge in [-0.1, -0.05) is 17.3 Å². The first-order valence-electron chi connectivity index (χ1n) is 7.00. The smallest absolute Gasteiger partial charge is 0.270 e. The first-order valence-corrected chi connectivity index (χ1v) is 7.00. The summed E-state index contributed by atoms with van der Waals surface area (Å²) in [7, 11) is 0. The highest BCUT2D eigenvalue weighted by Crippen LogP contribution is 2.23. The Balaban J connectivity index is 1.75. The number of aromatic nitrogens is 2. The number of hydrogen-bond donors (Lipinski definition) is 1. The predicted molar refractivity (Wildman–Crippen MR) is 75.7 cm³/mol. The molecule has 2 aromatic rings.